The molecule has 0 saturated heterocycles. The van der Waals surface area contributed by atoms with Gasteiger partial charge in [-0.2, -0.15) is 0 Å². The molecule has 2 heteroatoms. The molecule has 1 amide bonds. The first-order valence-corrected chi connectivity index (χ1v) is 19.7. The number of rotatable bonds is 36. The van der Waals surface area contributed by atoms with Gasteiger partial charge in [0, 0.05) is 5.92 Å². The summed E-state index contributed by atoms with van der Waals surface area (Å²) in [7, 11) is 0. The quantitative estimate of drug-likeness (QED) is 0.0573. The lowest BCUT2D eigenvalue weighted by Crippen LogP contribution is -2.23. The van der Waals surface area contributed by atoms with Crippen molar-refractivity contribution in [1.29, 1.82) is 0 Å². The van der Waals surface area contributed by atoms with Crippen molar-refractivity contribution in [3.8, 4) is 0 Å². The van der Waals surface area contributed by atoms with E-state index in [1.165, 1.54) is 205 Å². The molecule has 42 heavy (non-hydrogen) atoms. The molecule has 0 radical (unpaired) electrons. The van der Waals surface area contributed by atoms with E-state index in [4.69, 9.17) is 5.73 Å². The Morgan fingerprint density at radius 1 is 0.405 bits per heavy atom. The lowest BCUT2D eigenvalue weighted by molar-refractivity contribution is -0.122. The van der Waals surface area contributed by atoms with E-state index in [-0.39, 0.29) is 11.8 Å². The summed E-state index contributed by atoms with van der Waals surface area (Å²) in [6, 6.07) is 0. The maximum Gasteiger partial charge on any atom is 0.220 e. The van der Waals surface area contributed by atoms with E-state index in [2.05, 4.69) is 26.0 Å². The summed E-state index contributed by atoms with van der Waals surface area (Å²) in [5.74, 6) is 0.0608. The van der Waals surface area contributed by atoms with Crippen LogP contribution in [-0.4, -0.2) is 5.91 Å². The molecule has 0 aliphatic carbocycles. The van der Waals surface area contributed by atoms with Gasteiger partial charge in [0.15, 0.2) is 0 Å². The Balaban J connectivity index is 3.39. The Morgan fingerprint density at radius 3 is 0.905 bits per heavy atom. The summed E-state index contributed by atoms with van der Waals surface area (Å²) in [6.45, 7) is 4.58. The van der Waals surface area contributed by atoms with Crippen LogP contribution in [0.1, 0.15) is 232 Å². The Kier molecular flexibility index (Phi) is 35.7. The summed E-state index contributed by atoms with van der Waals surface area (Å²) in [6.07, 6.45) is 50.7. The highest BCUT2D eigenvalue weighted by Gasteiger charge is 2.14. The van der Waals surface area contributed by atoms with Crippen molar-refractivity contribution < 1.29 is 4.79 Å². The topological polar surface area (TPSA) is 43.1 Å². The van der Waals surface area contributed by atoms with E-state index < -0.39 is 0 Å². The maximum absolute atomic E-state index is 11.9. The van der Waals surface area contributed by atoms with Crippen molar-refractivity contribution in [2.24, 2.45) is 11.7 Å². The van der Waals surface area contributed by atoms with Gasteiger partial charge >= 0.3 is 0 Å². The summed E-state index contributed by atoms with van der Waals surface area (Å²) >= 11 is 0. The van der Waals surface area contributed by atoms with Crippen molar-refractivity contribution in [2.45, 2.75) is 232 Å². The molecule has 0 aliphatic rings. The maximum atomic E-state index is 11.9. The summed E-state index contributed by atoms with van der Waals surface area (Å²) in [4.78, 5) is 11.9. The van der Waals surface area contributed by atoms with Gasteiger partial charge in [0.25, 0.3) is 0 Å². The number of carbonyl (C=O) groups excluding carboxylic acids is 1. The molecule has 0 saturated carbocycles. The van der Waals surface area contributed by atoms with Crippen molar-refractivity contribution >= 4 is 5.91 Å². The lowest BCUT2D eigenvalue weighted by Gasteiger charge is -2.13. The molecule has 2 N–H and O–H groups in total. The second-order valence-corrected chi connectivity index (χ2v) is 13.6. The number of amides is 1. The third-order valence-corrected chi connectivity index (χ3v) is 9.37. The molecule has 250 valence electrons. The average Bonchev–Trinajstić information content (AvgIpc) is 2.99. The summed E-state index contributed by atoms with van der Waals surface area (Å²) in [5.41, 5.74) is 5.73. The zero-order valence-corrected chi connectivity index (χ0v) is 29.3. The van der Waals surface area contributed by atoms with Gasteiger partial charge in [0.2, 0.25) is 5.91 Å². The predicted octanol–water partition coefficient (Wildman–Crippen LogP) is 13.9. The molecule has 0 aromatic carbocycles. The summed E-state index contributed by atoms with van der Waals surface area (Å²) < 4.78 is 0. The van der Waals surface area contributed by atoms with Gasteiger partial charge in [0.05, 0.1) is 0 Å². The van der Waals surface area contributed by atoms with Crippen LogP contribution >= 0.6 is 0 Å². The first-order chi connectivity index (χ1) is 20.7. The fourth-order valence-electron chi connectivity index (χ4n) is 6.36. The van der Waals surface area contributed by atoms with Crippen LogP contribution in [0.15, 0.2) is 12.2 Å². The average molecular weight is 590 g/mol. The van der Waals surface area contributed by atoms with Gasteiger partial charge in [-0.1, -0.05) is 206 Å². The molecule has 0 aliphatic heterocycles. The third kappa shape index (κ3) is 33.7. The fraction of sp³-hybridized carbons (Fsp3) is 0.925. The molecular formula is C40H79NO. The molecule has 0 bridgehead atoms. The van der Waals surface area contributed by atoms with E-state index in [9.17, 15) is 4.79 Å². The highest BCUT2D eigenvalue weighted by Crippen LogP contribution is 2.20. The number of carbonyl (C=O) groups is 1. The molecule has 2 nitrogen and oxygen atoms in total. The van der Waals surface area contributed by atoms with Gasteiger partial charge < -0.3 is 5.73 Å². The standard InChI is InChI=1S/C40H79NO/c1-3-5-7-9-11-13-15-17-19-20-21-22-23-24-26-28-30-32-34-36-38-39(40(41)42)37-35-33-31-29-27-25-18-16-14-12-10-8-6-4-2/h17,19,39H,3-16,18,20-38H2,1-2H3,(H2,41,42)/b19-17-. The number of primary amides is 1. The predicted molar refractivity (Wildman–Crippen MR) is 190 cm³/mol. The molecule has 0 fully saturated rings. The lowest BCUT2D eigenvalue weighted by atomic mass is 9.93. The molecule has 1 atom stereocenters. The van der Waals surface area contributed by atoms with Crippen LogP contribution < -0.4 is 5.73 Å². The molecule has 0 aromatic rings. The van der Waals surface area contributed by atoms with Crippen LogP contribution in [0, 0.1) is 5.92 Å². The Labute approximate surface area is 266 Å². The zero-order chi connectivity index (χ0) is 30.6. The third-order valence-electron chi connectivity index (χ3n) is 9.37. The van der Waals surface area contributed by atoms with E-state index in [1.54, 1.807) is 0 Å². The normalized spacial score (nSPS) is 12.4. The second kappa shape index (κ2) is 36.4. The van der Waals surface area contributed by atoms with Crippen LogP contribution in [0.3, 0.4) is 0 Å². The minimum absolute atomic E-state index is 0.0574. The monoisotopic (exact) mass is 590 g/mol. The number of allylic oxidation sites excluding steroid dienone is 2. The van der Waals surface area contributed by atoms with Gasteiger partial charge in [-0.3, -0.25) is 4.79 Å². The molecule has 0 aromatic heterocycles. The number of hydrogen-bond donors (Lipinski definition) is 1. The summed E-state index contributed by atoms with van der Waals surface area (Å²) in [5, 5.41) is 0. The van der Waals surface area contributed by atoms with Gasteiger partial charge in [-0.05, 0) is 38.5 Å². The molecule has 0 rings (SSSR count). The SMILES string of the molecule is CCCCCCCC/C=C\CCCCCCCCCCCCC(CCCCCCCCCCCCCCCC)C(N)=O. The van der Waals surface area contributed by atoms with Crippen molar-refractivity contribution in [3.05, 3.63) is 12.2 Å². The van der Waals surface area contributed by atoms with E-state index in [1.807, 2.05) is 0 Å². The minimum atomic E-state index is -0.0574. The molecule has 0 spiro atoms. The largest absolute Gasteiger partial charge is 0.369 e. The number of hydrogen-bond acceptors (Lipinski definition) is 1. The fourth-order valence-corrected chi connectivity index (χ4v) is 6.36. The highest BCUT2D eigenvalue weighted by molar-refractivity contribution is 5.76. The van der Waals surface area contributed by atoms with Crippen LogP contribution in [0.2, 0.25) is 0 Å². The molecule has 0 heterocycles. The second-order valence-electron chi connectivity index (χ2n) is 13.6. The first-order valence-electron chi connectivity index (χ1n) is 19.7. The van der Waals surface area contributed by atoms with E-state index >= 15 is 0 Å². The smallest absolute Gasteiger partial charge is 0.220 e. The van der Waals surface area contributed by atoms with Gasteiger partial charge in [-0.25, -0.2) is 0 Å². The van der Waals surface area contributed by atoms with Gasteiger partial charge in [0.1, 0.15) is 0 Å². The number of nitrogens with two attached hydrogens (primary N) is 1. The van der Waals surface area contributed by atoms with Gasteiger partial charge in [-0.15, -0.1) is 0 Å². The molecular weight excluding hydrogens is 510 g/mol. The Morgan fingerprint density at radius 2 is 0.643 bits per heavy atom. The molecule has 1 unspecified atom stereocenters. The van der Waals surface area contributed by atoms with E-state index in [0.717, 1.165) is 12.8 Å². The van der Waals surface area contributed by atoms with Crippen LogP contribution in [0.25, 0.3) is 0 Å². The number of unbranched alkanes of at least 4 members (excludes halogenated alkanes) is 29. The van der Waals surface area contributed by atoms with Crippen LogP contribution in [-0.2, 0) is 4.79 Å². The van der Waals surface area contributed by atoms with Crippen molar-refractivity contribution in [1.82, 2.24) is 0 Å². The highest BCUT2D eigenvalue weighted by atomic mass is 16.1. The van der Waals surface area contributed by atoms with Crippen LogP contribution in [0.4, 0.5) is 0 Å². The van der Waals surface area contributed by atoms with Crippen LogP contribution in [0.5, 0.6) is 0 Å². The van der Waals surface area contributed by atoms with E-state index in [0.29, 0.717) is 0 Å². The minimum Gasteiger partial charge on any atom is -0.369 e. The van der Waals surface area contributed by atoms with Crippen molar-refractivity contribution in [3.63, 3.8) is 0 Å². The van der Waals surface area contributed by atoms with Crippen molar-refractivity contribution in [2.75, 3.05) is 0 Å². The Bertz CT molecular complexity index is 542. The Hall–Kier alpha value is -0.790. The zero-order valence-electron chi connectivity index (χ0n) is 29.3. The first kappa shape index (κ1) is 41.2.